The van der Waals surface area contributed by atoms with Gasteiger partial charge in [-0.15, -0.1) is 0 Å². The minimum atomic E-state index is 0.593. The van der Waals surface area contributed by atoms with Gasteiger partial charge >= 0.3 is 0 Å². The van der Waals surface area contributed by atoms with Crippen LogP contribution in [0.5, 0.6) is 0 Å². The maximum Gasteiger partial charge on any atom is 0.263 e. The number of nitrogens with zero attached hydrogens (tertiary/aromatic N) is 2. The zero-order valence-corrected chi connectivity index (χ0v) is 6.92. The number of aromatic nitrogens is 2. The summed E-state index contributed by atoms with van der Waals surface area (Å²) in [6.07, 6.45) is 2.30. The van der Waals surface area contributed by atoms with Crippen LogP contribution in [0.2, 0.25) is 0 Å². The molecule has 0 bridgehead atoms. The van der Waals surface area contributed by atoms with E-state index in [1.54, 1.807) is 6.92 Å². The molecule has 0 fully saturated rings. The molecule has 0 aliphatic rings. The Morgan fingerprint density at radius 3 is 2.91 bits per heavy atom. The Balaban J connectivity index is 2.27. The molecule has 1 aromatic rings. The summed E-state index contributed by atoms with van der Waals surface area (Å²) >= 11 is 0. The van der Waals surface area contributed by atoms with Crippen LogP contribution in [0.15, 0.2) is 4.52 Å². The van der Waals surface area contributed by atoms with Gasteiger partial charge in [-0.2, -0.15) is 4.98 Å². The molecule has 0 aromatic carbocycles. The third-order valence-electron chi connectivity index (χ3n) is 1.34. The first-order valence-corrected chi connectivity index (χ1v) is 3.87. The Morgan fingerprint density at radius 2 is 2.36 bits per heavy atom. The lowest BCUT2D eigenvalue weighted by atomic mass is 10.3. The van der Waals surface area contributed by atoms with Crippen molar-refractivity contribution in [2.75, 3.05) is 11.9 Å². The third-order valence-corrected chi connectivity index (χ3v) is 1.34. The molecule has 1 rings (SSSR count). The molecular formula is C7H13N3O. The summed E-state index contributed by atoms with van der Waals surface area (Å²) in [7, 11) is 0. The highest BCUT2D eigenvalue weighted by Gasteiger charge is 1.98. The van der Waals surface area contributed by atoms with E-state index < -0.39 is 0 Å². The van der Waals surface area contributed by atoms with Gasteiger partial charge in [0.2, 0.25) is 5.89 Å². The van der Waals surface area contributed by atoms with Crippen LogP contribution in [0, 0.1) is 6.92 Å². The van der Waals surface area contributed by atoms with Crippen LogP contribution in [0.25, 0.3) is 0 Å². The van der Waals surface area contributed by atoms with Crippen molar-refractivity contribution in [1.29, 1.82) is 0 Å². The van der Waals surface area contributed by atoms with Crippen molar-refractivity contribution in [1.82, 2.24) is 10.1 Å². The second-order valence-electron chi connectivity index (χ2n) is 2.42. The monoisotopic (exact) mass is 155 g/mol. The van der Waals surface area contributed by atoms with Crippen LogP contribution in [0.4, 0.5) is 5.95 Å². The molecule has 0 amide bonds. The maximum atomic E-state index is 4.77. The molecular weight excluding hydrogens is 142 g/mol. The molecule has 1 aromatic heterocycles. The van der Waals surface area contributed by atoms with E-state index in [-0.39, 0.29) is 0 Å². The predicted octanol–water partition coefficient (Wildman–Crippen LogP) is 1.59. The van der Waals surface area contributed by atoms with Crippen LogP contribution < -0.4 is 5.32 Å². The van der Waals surface area contributed by atoms with Gasteiger partial charge in [-0.3, -0.25) is 0 Å². The first-order valence-electron chi connectivity index (χ1n) is 3.87. The number of hydrogen-bond acceptors (Lipinski definition) is 4. The number of rotatable bonds is 4. The Hall–Kier alpha value is -1.06. The average Bonchev–Trinajstić information content (AvgIpc) is 2.37. The van der Waals surface area contributed by atoms with E-state index in [9.17, 15) is 0 Å². The zero-order chi connectivity index (χ0) is 8.10. The van der Waals surface area contributed by atoms with E-state index in [0.717, 1.165) is 13.0 Å². The summed E-state index contributed by atoms with van der Waals surface area (Å²) in [5.74, 6) is 1.19. The molecule has 0 saturated carbocycles. The van der Waals surface area contributed by atoms with E-state index in [2.05, 4.69) is 22.4 Å². The second-order valence-corrected chi connectivity index (χ2v) is 2.42. The van der Waals surface area contributed by atoms with Crippen LogP contribution >= 0.6 is 0 Å². The molecule has 4 heteroatoms. The molecule has 1 N–H and O–H groups in total. The van der Waals surface area contributed by atoms with Gasteiger partial charge in [0.15, 0.2) is 0 Å². The Labute approximate surface area is 66.0 Å². The van der Waals surface area contributed by atoms with Crippen molar-refractivity contribution < 1.29 is 4.52 Å². The van der Waals surface area contributed by atoms with Crippen LogP contribution in [0.1, 0.15) is 25.7 Å². The Bertz CT molecular complexity index is 209. The number of aryl methyl sites for hydroxylation is 1. The minimum absolute atomic E-state index is 0.593. The molecule has 4 nitrogen and oxygen atoms in total. The van der Waals surface area contributed by atoms with Gasteiger partial charge < -0.3 is 9.84 Å². The van der Waals surface area contributed by atoms with Gasteiger partial charge in [-0.25, -0.2) is 0 Å². The van der Waals surface area contributed by atoms with E-state index in [1.165, 1.54) is 6.42 Å². The van der Waals surface area contributed by atoms with Gasteiger partial charge in [-0.1, -0.05) is 13.3 Å². The summed E-state index contributed by atoms with van der Waals surface area (Å²) in [6, 6.07) is 0. The smallest absolute Gasteiger partial charge is 0.263 e. The van der Waals surface area contributed by atoms with E-state index in [4.69, 9.17) is 4.52 Å². The molecule has 1 heterocycles. The number of anilines is 1. The van der Waals surface area contributed by atoms with E-state index in [1.807, 2.05) is 0 Å². The van der Waals surface area contributed by atoms with Gasteiger partial charge in [-0.05, 0) is 11.6 Å². The van der Waals surface area contributed by atoms with Gasteiger partial charge in [0.25, 0.3) is 5.95 Å². The van der Waals surface area contributed by atoms with E-state index in [0.29, 0.717) is 11.8 Å². The second kappa shape index (κ2) is 3.95. The summed E-state index contributed by atoms with van der Waals surface area (Å²) in [5.41, 5.74) is 0. The summed E-state index contributed by atoms with van der Waals surface area (Å²) < 4.78 is 4.77. The molecule has 62 valence electrons. The minimum Gasteiger partial charge on any atom is -0.352 e. The lowest BCUT2D eigenvalue weighted by Crippen LogP contribution is -2.01. The van der Waals surface area contributed by atoms with Crippen molar-refractivity contribution in [2.24, 2.45) is 0 Å². The van der Waals surface area contributed by atoms with Crippen LogP contribution in [-0.4, -0.2) is 16.7 Å². The van der Waals surface area contributed by atoms with E-state index >= 15 is 0 Å². The van der Waals surface area contributed by atoms with Crippen LogP contribution in [0.3, 0.4) is 0 Å². The number of nitrogens with one attached hydrogen (secondary N) is 1. The molecule has 0 saturated heterocycles. The average molecular weight is 155 g/mol. The molecule has 0 spiro atoms. The quantitative estimate of drug-likeness (QED) is 0.671. The fourth-order valence-corrected chi connectivity index (χ4v) is 0.748. The standard InChI is InChI=1S/C7H13N3O/c1-3-4-5-8-7-9-6(2)11-10-7/h3-5H2,1-2H3,(H,8,10). The fraction of sp³-hybridized carbons (Fsp3) is 0.714. The van der Waals surface area contributed by atoms with Gasteiger partial charge in [0, 0.05) is 13.5 Å². The Morgan fingerprint density at radius 1 is 1.55 bits per heavy atom. The number of unbranched alkanes of at least 4 members (excludes halogenated alkanes) is 1. The lowest BCUT2D eigenvalue weighted by molar-refractivity contribution is 0.394. The fourth-order valence-electron chi connectivity index (χ4n) is 0.748. The third kappa shape index (κ3) is 2.57. The van der Waals surface area contributed by atoms with Gasteiger partial charge in [0.1, 0.15) is 0 Å². The zero-order valence-electron chi connectivity index (χ0n) is 6.92. The van der Waals surface area contributed by atoms with Crippen molar-refractivity contribution >= 4 is 5.95 Å². The van der Waals surface area contributed by atoms with Crippen molar-refractivity contribution in [3.8, 4) is 0 Å². The molecule has 0 radical (unpaired) electrons. The lowest BCUT2D eigenvalue weighted by Gasteiger charge is -1.96. The van der Waals surface area contributed by atoms with Crippen molar-refractivity contribution in [2.45, 2.75) is 26.7 Å². The first-order chi connectivity index (χ1) is 5.33. The largest absolute Gasteiger partial charge is 0.352 e. The highest BCUT2D eigenvalue weighted by atomic mass is 16.5. The highest BCUT2D eigenvalue weighted by molar-refractivity contribution is 5.20. The summed E-state index contributed by atoms with van der Waals surface area (Å²) in [6.45, 7) is 4.83. The topological polar surface area (TPSA) is 51.0 Å². The Kier molecular flexibility index (Phi) is 2.89. The summed E-state index contributed by atoms with van der Waals surface area (Å²) in [4.78, 5) is 3.99. The van der Waals surface area contributed by atoms with Crippen molar-refractivity contribution in [3.63, 3.8) is 0 Å². The van der Waals surface area contributed by atoms with Crippen molar-refractivity contribution in [3.05, 3.63) is 5.89 Å². The first kappa shape index (κ1) is 8.04. The molecule has 0 aliphatic heterocycles. The molecule has 0 unspecified atom stereocenters. The van der Waals surface area contributed by atoms with Gasteiger partial charge in [0.05, 0.1) is 0 Å². The van der Waals surface area contributed by atoms with Crippen LogP contribution in [-0.2, 0) is 0 Å². The molecule has 11 heavy (non-hydrogen) atoms. The summed E-state index contributed by atoms with van der Waals surface area (Å²) in [5, 5.41) is 6.74. The normalized spacial score (nSPS) is 10.0. The molecule has 0 atom stereocenters. The highest BCUT2D eigenvalue weighted by Crippen LogP contribution is 2.00. The maximum absolute atomic E-state index is 4.77. The number of hydrogen-bond donors (Lipinski definition) is 1. The SMILES string of the molecule is CCCCNc1noc(C)n1. The predicted molar refractivity (Wildman–Crippen MR) is 42.4 cm³/mol. The molecule has 0 aliphatic carbocycles.